The van der Waals surface area contributed by atoms with Gasteiger partial charge in [-0.25, -0.2) is 4.79 Å². The topological polar surface area (TPSA) is 57.5 Å². The van der Waals surface area contributed by atoms with Crippen LogP contribution in [0.2, 0.25) is 0 Å². The molecule has 0 spiro atoms. The van der Waals surface area contributed by atoms with E-state index >= 15 is 0 Å². The van der Waals surface area contributed by atoms with Crippen molar-refractivity contribution in [1.29, 1.82) is 0 Å². The molecule has 3 nitrogen and oxygen atoms in total. The molecule has 92 valence electrons. The summed E-state index contributed by atoms with van der Waals surface area (Å²) in [4.78, 5) is 9.25. The lowest BCUT2D eigenvalue weighted by molar-refractivity contribution is -0.131. The summed E-state index contributed by atoms with van der Waals surface area (Å²) in [6.07, 6.45) is 4.41. The van der Waals surface area contributed by atoms with Gasteiger partial charge in [0, 0.05) is 6.08 Å². The predicted molar refractivity (Wildman–Crippen MR) is 63.1 cm³/mol. The zero-order valence-corrected chi connectivity index (χ0v) is 10.4. The molecule has 0 heterocycles. The zero-order chi connectivity index (χ0) is 12.6. The third-order valence-electron chi connectivity index (χ3n) is 4.92. The Labute approximate surface area is 97.2 Å². The van der Waals surface area contributed by atoms with E-state index in [1.54, 1.807) is 0 Å². The molecule has 2 rings (SSSR count). The molecule has 0 aromatic rings. The molecule has 0 aromatic carbocycles. The Kier molecular flexibility index (Phi) is 3.48. The van der Waals surface area contributed by atoms with Crippen LogP contribution in [0.25, 0.3) is 0 Å². The van der Waals surface area contributed by atoms with Crippen molar-refractivity contribution in [3.05, 3.63) is 12.7 Å². The maximum atomic E-state index is 9.81. The molecule has 0 saturated heterocycles. The smallest absolute Gasteiger partial charge is 0.327 e. The molecule has 2 saturated carbocycles. The second-order valence-corrected chi connectivity index (χ2v) is 5.67. The van der Waals surface area contributed by atoms with Crippen molar-refractivity contribution in [1.82, 2.24) is 0 Å². The average molecular weight is 226 g/mol. The highest BCUT2D eigenvalue weighted by Gasteiger charge is 2.60. The zero-order valence-electron chi connectivity index (χ0n) is 10.4. The Morgan fingerprint density at radius 2 is 1.94 bits per heavy atom. The van der Waals surface area contributed by atoms with Gasteiger partial charge in [-0.1, -0.05) is 27.4 Å². The van der Waals surface area contributed by atoms with E-state index in [4.69, 9.17) is 5.11 Å². The van der Waals surface area contributed by atoms with E-state index in [-0.39, 0.29) is 11.5 Å². The first kappa shape index (κ1) is 13.2. The van der Waals surface area contributed by atoms with Crippen LogP contribution in [0.5, 0.6) is 0 Å². The molecule has 0 aliphatic heterocycles. The van der Waals surface area contributed by atoms with Gasteiger partial charge < -0.3 is 10.2 Å². The van der Waals surface area contributed by atoms with Gasteiger partial charge in [-0.2, -0.15) is 0 Å². The number of fused-ring (bicyclic) bond motifs is 2. The quantitative estimate of drug-likeness (QED) is 0.675. The van der Waals surface area contributed by atoms with Crippen molar-refractivity contribution in [2.45, 2.75) is 46.1 Å². The molecule has 0 amide bonds. The van der Waals surface area contributed by atoms with Crippen LogP contribution in [0.1, 0.15) is 40.0 Å². The van der Waals surface area contributed by atoms with E-state index in [0.717, 1.165) is 18.4 Å². The van der Waals surface area contributed by atoms with Crippen LogP contribution in [-0.4, -0.2) is 22.3 Å². The fourth-order valence-corrected chi connectivity index (χ4v) is 3.16. The molecule has 2 bridgehead atoms. The van der Waals surface area contributed by atoms with E-state index in [2.05, 4.69) is 27.4 Å². The molecule has 0 aromatic heterocycles. The number of rotatable bonds is 1. The van der Waals surface area contributed by atoms with E-state index in [1.807, 2.05) is 0 Å². The molecule has 3 atom stereocenters. The van der Waals surface area contributed by atoms with Crippen molar-refractivity contribution in [3.63, 3.8) is 0 Å². The Morgan fingerprint density at radius 3 is 2.06 bits per heavy atom. The minimum absolute atomic E-state index is 0.0313. The van der Waals surface area contributed by atoms with Gasteiger partial charge in [-0.15, -0.1) is 0 Å². The van der Waals surface area contributed by atoms with Crippen molar-refractivity contribution in [3.8, 4) is 0 Å². The number of carbonyl (C=O) groups is 1. The van der Waals surface area contributed by atoms with E-state index in [0.29, 0.717) is 5.41 Å². The minimum Gasteiger partial charge on any atom is -0.478 e. The second kappa shape index (κ2) is 4.21. The maximum absolute atomic E-state index is 9.81. The van der Waals surface area contributed by atoms with Gasteiger partial charge in [0.25, 0.3) is 0 Å². The monoisotopic (exact) mass is 226 g/mol. The van der Waals surface area contributed by atoms with E-state index < -0.39 is 5.97 Å². The van der Waals surface area contributed by atoms with Crippen LogP contribution in [0.3, 0.4) is 0 Å². The molecular formula is C13H22O3. The second-order valence-electron chi connectivity index (χ2n) is 5.67. The van der Waals surface area contributed by atoms with Gasteiger partial charge in [0.2, 0.25) is 0 Å². The molecule has 2 aliphatic carbocycles. The third kappa shape index (κ3) is 1.88. The summed E-state index contributed by atoms with van der Waals surface area (Å²) in [5, 5.41) is 17.4. The Morgan fingerprint density at radius 1 is 1.44 bits per heavy atom. The van der Waals surface area contributed by atoms with Crippen molar-refractivity contribution in [2.24, 2.45) is 16.7 Å². The summed E-state index contributed by atoms with van der Waals surface area (Å²) in [6, 6.07) is 0. The summed E-state index contributed by atoms with van der Waals surface area (Å²) < 4.78 is 0. The van der Waals surface area contributed by atoms with E-state index in [9.17, 15) is 9.90 Å². The van der Waals surface area contributed by atoms with Gasteiger partial charge in [-0.05, 0) is 36.0 Å². The van der Waals surface area contributed by atoms with Crippen molar-refractivity contribution >= 4 is 5.97 Å². The van der Waals surface area contributed by atoms with Gasteiger partial charge >= 0.3 is 5.97 Å². The van der Waals surface area contributed by atoms with E-state index in [1.165, 1.54) is 12.8 Å². The fraction of sp³-hybridized carbons (Fsp3) is 0.769. The number of hydrogen-bond acceptors (Lipinski definition) is 2. The van der Waals surface area contributed by atoms with Gasteiger partial charge in [0.15, 0.2) is 0 Å². The number of aliphatic carboxylic acids is 1. The lowest BCUT2D eigenvalue weighted by Gasteiger charge is -2.36. The van der Waals surface area contributed by atoms with Crippen LogP contribution < -0.4 is 0 Å². The highest BCUT2D eigenvalue weighted by atomic mass is 16.4. The number of carboxylic acid groups (broad SMARTS) is 1. The summed E-state index contributed by atoms with van der Waals surface area (Å²) >= 11 is 0. The summed E-state index contributed by atoms with van der Waals surface area (Å²) in [5.74, 6) is -0.201. The molecule has 2 aliphatic rings. The summed E-state index contributed by atoms with van der Waals surface area (Å²) in [5.41, 5.74) is 0.601. The number of aliphatic hydroxyl groups is 1. The number of aliphatic hydroxyl groups excluding tert-OH is 1. The summed E-state index contributed by atoms with van der Waals surface area (Å²) in [7, 11) is 0. The molecular weight excluding hydrogens is 204 g/mol. The van der Waals surface area contributed by atoms with Crippen molar-refractivity contribution in [2.75, 3.05) is 0 Å². The molecule has 16 heavy (non-hydrogen) atoms. The SMILES string of the molecule is C=CC(=O)O.CC1(C)C2CCC1(C)C(O)C2. The highest BCUT2D eigenvalue weighted by molar-refractivity contribution is 5.78. The highest BCUT2D eigenvalue weighted by Crippen LogP contribution is 2.65. The number of carboxylic acids is 1. The largest absolute Gasteiger partial charge is 0.478 e. The lowest BCUT2D eigenvalue weighted by atomic mass is 9.70. The Balaban J connectivity index is 0.000000221. The molecule has 2 N–H and O–H groups in total. The molecule has 3 heteroatoms. The lowest BCUT2D eigenvalue weighted by Crippen LogP contribution is -2.35. The molecule has 0 radical (unpaired) electrons. The Hall–Kier alpha value is -0.830. The maximum Gasteiger partial charge on any atom is 0.327 e. The summed E-state index contributed by atoms with van der Waals surface area (Å²) in [6.45, 7) is 9.86. The first-order valence-electron chi connectivity index (χ1n) is 5.79. The predicted octanol–water partition coefficient (Wildman–Crippen LogP) is 2.45. The van der Waals surface area contributed by atoms with Crippen LogP contribution in [0, 0.1) is 16.7 Å². The third-order valence-corrected chi connectivity index (χ3v) is 4.92. The van der Waals surface area contributed by atoms with Gasteiger partial charge in [-0.3, -0.25) is 0 Å². The Bertz CT molecular complexity index is 296. The minimum atomic E-state index is -0.981. The van der Waals surface area contributed by atoms with Crippen LogP contribution in [-0.2, 0) is 4.79 Å². The van der Waals surface area contributed by atoms with Gasteiger partial charge in [0.05, 0.1) is 6.10 Å². The van der Waals surface area contributed by atoms with Gasteiger partial charge in [0.1, 0.15) is 0 Å². The van der Waals surface area contributed by atoms with Crippen LogP contribution in [0.15, 0.2) is 12.7 Å². The fourth-order valence-electron chi connectivity index (χ4n) is 3.16. The first-order valence-corrected chi connectivity index (χ1v) is 5.79. The van der Waals surface area contributed by atoms with Crippen LogP contribution in [0.4, 0.5) is 0 Å². The number of hydrogen-bond donors (Lipinski definition) is 2. The average Bonchev–Trinajstić information content (AvgIpc) is 2.51. The standard InChI is InChI=1S/C10H18O.C3H4O2/c1-9(2)7-4-5-10(9,3)8(11)6-7;1-2-3(4)5/h7-8,11H,4-6H2,1-3H3;2H,1H2,(H,4,5). The molecule has 3 unspecified atom stereocenters. The normalized spacial score (nSPS) is 38.8. The first-order chi connectivity index (χ1) is 7.25. The van der Waals surface area contributed by atoms with Crippen molar-refractivity contribution < 1.29 is 15.0 Å². The molecule has 2 fully saturated rings. The van der Waals surface area contributed by atoms with Crippen LogP contribution >= 0.6 is 0 Å².